The molecule has 2 unspecified atom stereocenters. The Morgan fingerprint density at radius 2 is 1.40 bits per heavy atom. The van der Waals surface area contributed by atoms with E-state index in [4.69, 9.17) is 20.4 Å². The fourth-order valence-electron chi connectivity index (χ4n) is 0.744. The standard InChI is InChI=1S/C6H8O8S/c7-2(8)1-5(13,3(9)10)6(14,15)4(11)12/h13-15H,1H2,(H,7,8)(H,9,10)(H,11,12). The first-order chi connectivity index (χ1) is 6.55. The molecule has 0 amide bonds. The van der Waals surface area contributed by atoms with Crippen LogP contribution in [-0.2, 0) is 14.4 Å². The molecule has 86 valence electrons. The van der Waals surface area contributed by atoms with Gasteiger partial charge < -0.3 is 25.5 Å². The van der Waals surface area contributed by atoms with E-state index in [1.807, 2.05) is 0 Å². The summed E-state index contributed by atoms with van der Waals surface area (Å²) in [7, 11) is 0. The van der Waals surface area contributed by atoms with Crippen molar-refractivity contribution in [2.24, 2.45) is 0 Å². The van der Waals surface area contributed by atoms with Gasteiger partial charge in [-0.15, -0.1) is 12.6 Å². The van der Waals surface area contributed by atoms with Crippen molar-refractivity contribution in [1.82, 2.24) is 0 Å². The fourth-order valence-corrected chi connectivity index (χ4v) is 0.918. The molecule has 0 spiro atoms. The largest absolute Gasteiger partial charge is 0.481 e. The van der Waals surface area contributed by atoms with Crippen LogP contribution in [0.4, 0.5) is 0 Å². The molecule has 0 aromatic rings. The second-order valence-electron chi connectivity index (χ2n) is 2.71. The zero-order chi connectivity index (χ0) is 12.4. The Bertz CT molecular complexity index is 310. The van der Waals surface area contributed by atoms with Crippen molar-refractivity contribution in [1.29, 1.82) is 0 Å². The maximum atomic E-state index is 10.5. The summed E-state index contributed by atoms with van der Waals surface area (Å²) < 4.78 is 0. The highest BCUT2D eigenvalue weighted by molar-refractivity contribution is 7.82. The lowest BCUT2D eigenvalue weighted by molar-refractivity contribution is -0.192. The second kappa shape index (κ2) is 4.04. The quantitative estimate of drug-likeness (QED) is 0.238. The summed E-state index contributed by atoms with van der Waals surface area (Å²) in [5, 5.41) is 43.5. The van der Waals surface area contributed by atoms with E-state index in [0.29, 0.717) is 0 Å². The molecule has 0 fully saturated rings. The Labute approximate surface area is 88.2 Å². The van der Waals surface area contributed by atoms with Gasteiger partial charge in [-0.1, -0.05) is 0 Å². The van der Waals surface area contributed by atoms with Gasteiger partial charge in [0.25, 0.3) is 0 Å². The summed E-state index contributed by atoms with van der Waals surface area (Å²) in [6, 6.07) is 0. The molecule has 0 radical (unpaired) electrons. The molecule has 0 aliphatic rings. The number of hydrogen-bond donors (Lipinski definition) is 6. The number of carbonyl (C=O) groups is 3. The fraction of sp³-hybridized carbons (Fsp3) is 0.500. The molecular weight excluding hydrogens is 232 g/mol. The maximum absolute atomic E-state index is 10.5. The molecule has 2 atom stereocenters. The molecule has 0 rings (SSSR count). The van der Waals surface area contributed by atoms with Crippen LogP contribution in [0, 0.1) is 0 Å². The van der Waals surface area contributed by atoms with Crippen LogP contribution in [0.25, 0.3) is 0 Å². The SMILES string of the molecule is O=C(O)CC(O)(C(=O)O)C(O)(S)C(=O)O. The summed E-state index contributed by atoms with van der Waals surface area (Å²) in [4.78, 5) is 27.8. The monoisotopic (exact) mass is 240 g/mol. The predicted molar refractivity (Wildman–Crippen MR) is 46.4 cm³/mol. The third-order valence-electron chi connectivity index (χ3n) is 1.64. The number of carboxylic acids is 3. The molecule has 0 saturated heterocycles. The number of carboxylic acid groups (broad SMARTS) is 3. The van der Waals surface area contributed by atoms with E-state index in [1.165, 1.54) is 0 Å². The summed E-state index contributed by atoms with van der Waals surface area (Å²) in [6.45, 7) is 0. The molecule has 9 heteroatoms. The first-order valence-corrected chi connectivity index (χ1v) is 3.86. The molecule has 0 heterocycles. The topological polar surface area (TPSA) is 152 Å². The Kier molecular flexibility index (Phi) is 3.69. The van der Waals surface area contributed by atoms with Gasteiger partial charge in [0.2, 0.25) is 10.5 Å². The van der Waals surface area contributed by atoms with Crippen molar-refractivity contribution < 1.29 is 39.9 Å². The normalized spacial score (nSPS) is 18.6. The molecule has 0 aromatic carbocycles. The number of hydrogen-bond acceptors (Lipinski definition) is 6. The van der Waals surface area contributed by atoms with Crippen LogP contribution in [-0.4, -0.2) is 54.0 Å². The summed E-state index contributed by atoms with van der Waals surface area (Å²) >= 11 is 3.04. The molecule has 5 N–H and O–H groups in total. The molecule has 15 heavy (non-hydrogen) atoms. The van der Waals surface area contributed by atoms with Crippen LogP contribution in [0.15, 0.2) is 0 Å². The van der Waals surface area contributed by atoms with E-state index in [2.05, 4.69) is 12.6 Å². The van der Waals surface area contributed by atoms with Crippen molar-refractivity contribution in [2.45, 2.75) is 17.0 Å². The molecule has 8 nitrogen and oxygen atoms in total. The highest BCUT2D eigenvalue weighted by Gasteiger charge is 2.60. The Morgan fingerprint density at radius 3 is 1.60 bits per heavy atom. The van der Waals surface area contributed by atoms with E-state index in [-0.39, 0.29) is 0 Å². The van der Waals surface area contributed by atoms with E-state index >= 15 is 0 Å². The third kappa shape index (κ3) is 2.37. The highest BCUT2D eigenvalue weighted by Crippen LogP contribution is 2.30. The second-order valence-corrected chi connectivity index (χ2v) is 3.36. The average Bonchev–Trinajstić information content (AvgIpc) is 2.01. The van der Waals surface area contributed by atoms with E-state index in [0.717, 1.165) is 0 Å². The third-order valence-corrected chi connectivity index (χ3v) is 2.20. The zero-order valence-electron chi connectivity index (χ0n) is 7.12. The molecule has 0 bridgehead atoms. The summed E-state index contributed by atoms with van der Waals surface area (Å²) in [5.74, 6) is -6.17. The number of rotatable bonds is 5. The molecule has 0 saturated carbocycles. The smallest absolute Gasteiger partial charge is 0.350 e. The van der Waals surface area contributed by atoms with Gasteiger partial charge in [0.1, 0.15) is 0 Å². The van der Waals surface area contributed by atoms with Crippen molar-refractivity contribution in [3.8, 4) is 0 Å². The van der Waals surface area contributed by atoms with Crippen molar-refractivity contribution in [3.05, 3.63) is 0 Å². The first kappa shape index (κ1) is 13.7. The van der Waals surface area contributed by atoms with Gasteiger partial charge in [0.15, 0.2) is 0 Å². The van der Waals surface area contributed by atoms with Crippen LogP contribution < -0.4 is 0 Å². The van der Waals surface area contributed by atoms with Crippen LogP contribution in [0.5, 0.6) is 0 Å². The number of aliphatic carboxylic acids is 3. The predicted octanol–water partition coefficient (Wildman–Crippen LogP) is -2.02. The lowest BCUT2D eigenvalue weighted by Gasteiger charge is -2.31. The zero-order valence-corrected chi connectivity index (χ0v) is 8.01. The van der Waals surface area contributed by atoms with Gasteiger partial charge in [-0.05, 0) is 0 Å². The van der Waals surface area contributed by atoms with Gasteiger partial charge in [-0.3, -0.25) is 4.79 Å². The van der Waals surface area contributed by atoms with E-state index in [9.17, 15) is 19.5 Å². The summed E-state index contributed by atoms with van der Waals surface area (Å²) in [6.07, 6.45) is -1.51. The number of thiol groups is 1. The first-order valence-electron chi connectivity index (χ1n) is 3.41. The minimum absolute atomic E-state index is 1.51. The average molecular weight is 240 g/mol. The van der Waals surface area contributed by atoms with Crippen LogP contribution >= 0.6 is 12.6 Å². The van der Waals surface area contributed by atoms with Gasteiger partial charge in [0.05, 0.1) is 6.42 Å². The van der Waals surface area contributed by atoms with E-state index < -0.39 is 34.9 Å². The van der Waals surface area contributed by atoms with Crippen molar-refractivity contribution in [2.75, 3.05) is 0 Å². The Hall–Kier alpha value is -1.32. The summed E-state index contributed by atoms with van der Waals surface area (Å²) in [5.41, 5.74) is -3.42. The van der Waals surface area contributed by atoms with Crippen molar-refractivity contribution in [3.63, 3.8) is 0 Å². The highest BCUT2D eigenvalue weighted by atomic mass is 32.1. The Morgan fingerprint density at radius 1 is 1.00 bits per heavy atom. The molecule has 0 aromatic heterocycles. The Balaban J connectivity index is 5.38. The van der Waals surface area contributed by atoms with Crippen LogP contribution in [0.3, 0.4) is 0 Å². The number of aliphatic hydroxyl groups is 2. The minimum atomic E-state index is -3.42. The van der Waals surface area contributed by atoms with Gasteiger partial charge >= 0.3 is 17.9 Å². The lowest BCUT2D eigenvalue weighted by atomic mass is 9.92. The molecular formula is C6H8O8S. The van der Waals surface area contributed by atoms with Crippen LogP contribution in [0.1, 0.15) is 6.42 Å². The van der Waals surface area contributed by atoms with Gasteiger partial charge in [-0.25, -0.2) is 9.59 Å². The van der Waals surface area contributed by atoms with E-state index in [1.54, 1.807) is 0 Å². The van der Waals surface area contributed by atoms with Crippen LogP contribution in [0.2, 0.25) is 0 Å². The molecule has 0 aliphatic heterocycles. The van der Waals surface area contributed by atoms with Gasteiger partial charge in [0, 0.05) is 0 Å². The van der Waals surface area contributed by atoms with Crippen molar-refractivity contribution >= 4 is 30.5 Å². The van der Waals surface area contributed by atoms with Gasteiger partial charge in [-0.2, -0.15) is 0 Å². The minimum Gasteiger partial charge on any atom is -0.481 e. The lowest BCUT2D eigenvalue weighted by Crippen LogP contribution is -2.61. The maximum Gasteiger partial charge on any atom is 0.350 e. The molecule has 0 aliphatic carbocycles.